The molecule has 0 radical (unpaired) electrons. The van der Waals surface area contributed by atoms with Gasteiger partial charge in [0.05, 0.1) is 6.61 Å². The van der Waals surface area contributed by atoms with Crippen LogP contribution in [0.4, 0.5) is 0 Å². The minimum absolute atomic E-state index is 0.625. The van der Waals surface area contributed by atoms with Crippen LogP contribution in [-0.2, 0) is 4.74 Å². The quantitative estimate of drug-likeness (QED) is 0.725. The van der Waals surface area contributed by atoms with E-state index in [1.807, 2.05) is 0 Å². The molecule has 1 atom stereocenters. The number of hydrogen-bond acceptors (Lipinski definition) is 3. The predicted octanol–water partition coefficient (Wildman–Crippen LogP) is 0.851. The van der Waals surface area contributed by atoms with Crippen molar-refractivity contribution in [3.63, 3.8) is 0 Å². The maximum atomic E-state index is 5.32. The van der Waals surface area contributed by atoms with Crippen molar-refractivity contribution in [2.24, 2.45) is 0 Å². The fraction of sp³-hybridized carbons (Fsp3) is 1.00. The van der Waals surface area contributed by atoms with Gasteiger partial charge in [-0.3, -0.25) is 0 Å². The first kappa shape index (κ1) is 10.4. The van der Waals surface area contributed by atoms with Crippen molar-refractivity contribution in [1.82, 2.24) is 10.2 Å². The lowest BCUT2D eigenvalue weighted by molar-refractivity contribution is 0.187. The molecule has 1 unspecified atom stereocenters. The summed E-state index contributed by atoms with van der Waals surface area (Å²) < 4.78 is 5.32. The molecule has 0 saturated carbocycles. The Morgan fingerprint density at radius 2 is 2.07 bits per heavy atom. The Kier molecular flexibility index (Phi) is 4.22. The largest absolute Gasteiger partial charge is 0.380 e. The van der Waals surface area contributed by atoms with Crippen molar-refractivity contribution in [3.8, 4) is 0 Å². The van der Waals surface area contributed by atoms with Crippen LogP contribution in [0.15, 0.2) is 0 Å². The number of hydrogen-bond donors (Lipinski definition) is 1. The number of ether oxygens (including phenoxy) is 1. The van der Waals surface area contributed by atoms with Crippen LogP contribution in [0.2, 0.25) is 0 Å². The second-order valence-corrected chi connectivity index (χ2v) is 4.42. The van der Waals surface area contributed by atoms with Gasteiger partial charge in [-0.15, -0.1) is 0 Å². The van der Waals surface area contributed by atoms with Crippen LogP contribution in [-0.4, -0.2) is 50.3 Å². The highest BCUT2D eigenvalue weighted by Gasteiger charge is 2.15. The van der Waals surface area contributed by atoms with E-state index in [-0.39, 0.29) is 0 Å². The summed E-state index contributed by atoms with van der Waals surface area (Å²) in [6, 6.07) is 0.625. The average Bonchev–Trinajstić information content (AvgIpc) is 2.72. The molecule has 14 heavy (non-hydrogen) atoms. The number of nitrogens with zero attached hydrogens (tertiary/aromatic N) is 1. The lowest BCUT2D eigenvalue weighted by atomic mass is 10.1. The molecule has 0 aromatic carbocycles. The number of nitrogens with one attached hydrogen (secondary N) is 1. The molecule has 0 bridgehead atoms. The third-order valence-electron chi connectivity index (χ3n) is 3.24. The Morgan fingerprint density at radius 3 is 2.79 bits per heavy atom. The van der Waals surface area contributed by atoms with Gasteiger partial charge < -0.3 is 15.0 Å². The number of piperidine rings is 1. The van der Waals surface area contributed by atoms with Crippen LogP contribution in [0.5, 0.6) is 0 Å². The van der Waals surface area contributed by atoms with Crippen LogP contribution in [0, 0.1) is 0 Å². The van der Waals surface area contributed by atoms with Gasteiger partial charge in [0.15, 0.2) is 0 Å². The zero-order valence-corrected chi connectivity index (χ0v) is 9.00. The van der Waals surface area contributed by atoms with Crippen molar-refractivity contribution < 1.29 is 4.74 Å². The highest BCUT2D eigenvalue weighted by Crippen LogP contribution is 2.08. The predicted molar refractivity (Wildman–Crippen MR) is 57.5 cm³/mol. The molecule has 0 aromatic heterocycles. The molecule has 0 amide bonds. The molecule has 1 N–H and O–H groups in total. The van der Waals surface area contributed by atoms with Gasteiger partial charge in [0.25, 0.3) is 0 Å². The Morgan fingerprint density at radius 1 is 1.21 bits per heavy atom. The lowest BCUT2D eigenvalue weighted by Crippen LogP contribution is -2.39. The molecule has 3 heteroatoms. The molecule has 2 saturated heterocycles. The molecule has 2 heterocycles. The van der Waals surface area contributed by atoms with Gasteiger partial charge in [-0.05, 0) is 32.4 Å². The van der Waals surface area contributed by atoms with Gasteiger partial charge in [-0.2, -0.15) is 0 Å². The summed E-state index contributed by atoms with van der Waals surface area (Å²) in [6.45, 7) is 6.83. The fourth-order valence-electron chi connectivity index (χ4n) is 2.31. The van der Waals surface area contributed by atoms with Crippen LogP contribution in [0.25, 0.3) is 0 Å². The topological polar surface area (TPSA) is 24.5 Å². The van der Waals surface area contributed by atoms with E-state index >= 15 is 0 Å². The van der Waals surface area contributed by atoms with E-state index in [2.05, 4.69) is 10.2 Å². The van der Waals surface area contributed by atoms with Crippen LogP contribution >= 0.6 is 0 Å². The molecule has 2 aliphatic heterocycles. The molecule has 2 aliphatic rings. The van der Waals surface area contributed by atoms with E-state index < -0.39 is 0 Å². The van der Waals surface area contributed by atoms with E-state index in [1.54, 1.807) is 0 Å². The third-order valence-corrected chi connectivity index (χ3v) is 3.24. The molecular formula is C11H22N2O. The summed E-state index contributed by atoms with van der Waals surface area (Å²) >= 11 is 0. The van der Waals surface area contributed by atoms with Gasteiger partial charge in [0.1, 0.15) is 0 Å². The van der Waals surface area contributed by atoms with Crippen molar-refractivity contribution in [2.75, 3.05) is 39.4 Å². The smallest absolute Gasteiger partial charge is 0.0620 e. The molecule has 2 rings (SSSR count). The van der Waals surface area contributed by atoms with Gasteiger partial charge in [0, 0.05) is 25.7 Å². The van der Waals surface area contributed by atoms with E-state index in [0.29, 0.717) is 6.04 Å². The number of likely N-dealkylation sites (tertiary alicyclic amines) is 1. The van der Waals surface area contributed by atoms with Gasteiger partial charge in [-0.1, -0.05) is 6.42 Å². The van der Waals surface area contributed by atoms with Crippen molar-refractivity contribution in [2.45, 2.75) is 31.7 Å². The Hall–Kier alpha value is -0.120. The van der Waals surface area contributed by atoms with Crippen molar-refractivity contribution in [3.05, 3.63) is 0 Å². The number of rotatable bonds is 4. The van der Waals surface area contributed by atoms with E-state index in [1.165, 1.54) is 45.3 Å². The van der Waals surface area contributed by atoms with E-state index in [0.717, 1.165) is 19.8 Å². The lowest BCUT2D eigenvalue weighted by Gasteiger charge is -2.26. The van der Waals surface area contributed by atoms with Crippen LogP contribution < -0.4 is 5.32 Å². The Balaban J connectivity index is 1.52. The summed E-state index contributed by atoms with van der Waals surface area (Å²) in [5, 5.41) is 3.56. The van der Waals surface area contributed by atoms with Crippen LogP contribution in [0.3, 0.4) is 0 Å². The second kappa shape index (κ2) is 5.69. The first-order valence-electron chi connectivity index (χ1n) is 5.98. The van der Waals surface area contributed by atoms with Gasteiger partial charge in [0.2, 0.25) is 0 Å². The Labute approximate surface area is 86.8 Å². The summed E-state index contributed by atoms with van der Waals surface area (Å²) in [5.74, 6) is 0. The highest BCUT2D eigenvalue weighted by atomic mass is 16.5. The fourth-order valence-corrected chi connectivity index (χ4v) is 2.31. The normalized spacial score (nSPS) is 29.6. The van der Waals surface area contributed by atoms with Crippen LogP contribution in [0.1, 0.15) is 25.7 Å². The van der Waals surface area contributed by atoms with Crippen molar-refractivity contribution in [1.29, 1.82) is 0 Å². The SMILES string of the molecule is C1CCN(CCNC2CCOC2)CC1. The first-order valence-corrected chi connectivity index (χ1v) is 5.98. The summed E-state index contributed by atoms with van der Waals surface area (Å²) in [5.41, 5.74) is 0. The monoisotopic (exact) mass is 198 g/mol. The maximum Gasteiger partial charge on any atom is 0.0620 e. The molecular weight excluding hydrogens is 176 g/mol. The van der Waals surface area contributed by atoms with Gasteiger partial charge >= 0.3 is 0 Å². The molecule has 82 valence electrons. The molecule has 0 spiro atoms. The van der Waals surface area contributed by atoms with E-state index in [9.17, 15) is 0 Å². The zero-order valence-electron chi connectivity index (χ0n) is 9.00. The first-order chi connectivity index (χ1) is 6.95. The average molecular weight is 198 g/mol. The maximum absolute atomic E-state index is 5.32. The van der Waals surface area contributed by atoms with Gasteiger partial charge in [-0.25, -0.2) is 0 Å². The molecule has 3 nitrogen and oxygen atoms in total. The zero-order chi connectivity index (χ0) is 9.64. The molecule has 0 aromatic rings. The van der Waals surface area contributed by atoms with Crippen molar-refractivity contribution >= 4 is 0 Å². The summed E-state index contributed by atoms with van der Waals surface area (Å²) in [4.78, 5) is 2.58. The Bertz CT molecular complexity index is 151. The summed E-state index contributed by atoms with van der Waals surface area (Å²) in [7, 11) is 0. The molecule has 2 fully saturated rings. The summed E-state index contributed by atoms with van der Waals surface area (Å²) in [6.07, 6.45) is 5.42. The standard InChI is InChI=1S/C11H22N2O/c1-2-6-13(7-3-1)8-5-12-11-4-9-14-10-11/h11-12H,1-10H2. The minimum atomic E-state index is 0.625. The highest BCUT2D eigenvalue weighted by molar-refractivity contribution is 4.72. The second-order valence-electron chi connectivity index (χ2n) is 4.42. The minimum Gasteiger partial charge on any atom is -0.380 e. The third kappa shape index (κ3) is 3.23. The molecule has 0 aliphatic carbocycles. The van der Waals surface area contributed by atoms with E-state index in [4.69, 9.17) is 4.74 Å².